The molecule has 26 heavy (non-hydrogen) atoms. The first-order chi connectivity index (χ1) is 12.5. The van der Waals surface area contributed by atoms with Crippen LogP contribution in [0.4, 0.5) is 5.69 Å². The van der Waals surface area contributed by atoms with Crippen molar-refractivity contribution in [2.24, 2.45) is 16.8 Å². The molecule has 1 aliphatic heterocycles. The van der Waals surface area contributed by atoms with Crippen molar-refractivity contribution in [3.05, 3.63) is 65.7 Å². The molecule has 6 nitrogen and oxygen atoms in total. The fraction of sp³-hybridized carbons (Fsp3) is 0.250. The molecule has 3 rings (SSSR count). The number of nitrogens with zero attached hydrogens (tertiary/aromatic N) is 1. The fourth-order valence-corrected chi connectivity index (χ4v) is 2.92. The topological polar surface area (TPSA) is 96.6 Å². The lowest BCUT2D eigenvalue weighted by Crippen LogP contribution is -2.37. The summed E-state index contributed by atoms with van der Waals surface area (Å²) >= 11 is 0. The molecular weight excluding hydrogens is 328 g/mol. The van der Waals surface area contributed by atoms with Crippen LogP contribution in [0.5, 0.6) is 0 Å². The van der Waals surface area contributed by atoms with Gasteiger partial charge in [0.25, 0.3) is 0 Å². The summed E-state index contributed by atoms with van der Waals surface area (Å²) in [5.74, 6) is -0.238. The molecule has 1 heterocycles. The van der Waals surface area contributed by atoms with Crippen molar-refractivity contribution in [2.45, 2.75) is 25.8 Å². The minimum absolute atomic E-state index is 0.0588. The van der Waals surface area contributed by atoms with E-state index in [1.165, 1.54) is 0 Å². The third kappa shape index (κ3) is 4.34. The standard InChI is InChI=1S/C20H22N4O2/c1-13-11-18(25)23-24-19(13)15-7-9-16(10-8-15)22-20(26)17(21)12-14-5-3-2-4-6-14/h2-10,13,17H,11-12,21H2,1H3,(H,22,26)(H,23,25)/t13?,17-/m1/s1. The summed E-state index contributed by atoms with van der Waals surface area (Å²) < 4.78 is 0. The van der Waals surface area contributed by atoms with Crippen molar-refractivity contribution >= 4 is 23.2 Å². The average Bonchev–Trinajstić information content (AvgIpc) is 2.63. The lowest BCUT2D eigenvalue weighted by molar-refractivity contribution is -0.122. The van der Waals surface area contributed by atoms with Crippen molar-refractivity contribution in [3.63, 3.8) is 0 Å². The van der Waals surface area contributed by atoms with E-state index in [9.17, 15) is 9.59 Å². The van der Waals surface area contributed by atoms with E-state index in [-0.39, 0.29) is 17.7 Å². The van der Waals surface area contributed by atoms with E-state index in [0.29, 0.717) is 18.5 Å². The molecule has 0 saturated heterocycles. The van der Waals surface area contributed by atoms with Crippen molar-refractivity contribution < 1.29 is 9.59 Å². The summed E-state index contributed by atoms with van der Waals surface area (Å²) in [7, 11) is 0. The van der Waals surface area contributed by atoms with E-state index >= 15 is 0 Å². The summed E-state index contributed by atoms with van der Waals surface area (Å²) in [6.45, 7) is 1.97. The number of hydrogen-bond donors (Lipinski definition) is 3. The Morgan fingerprint density at radius 1 is 1.23 bits per heavy atom. The van der Waals surface area contributed by atoms with Crippen molar-refractivity contribution in [1.82, 2.24) is 5.43 Å². The highest BCUT2D eigenvalue weighted by Crippen LogP contribution is 2.18. The summed E-state index contributed by atoms with van der Waals surface area (Å²) in [4.78, 5) is 23.6. The van der Waals surface area contributed by atoms with Gasteiger partial charge in [-0.25, -0.2) is 5.43 Å². The Kier molecular flexibility index (Phi) is 5.43. The lowest BCUT2D eigenvalue weighted by atomic mass is 9.94. The molecule has 0 aliphatic carbocycles. The predicted octanol–water partition coefficient (Wildman–Crippen LogP) is 2.06. The van der Waals surface area contributed by atoms with Crippen molar-refractivity contribution in [3.8, 4) is 0 Å². The van der Waals surface area contributed by atoms with E-state index in [2.05, 4.69) is 15.8 Å². The van der Waals surface area contributed by atoms with Crippen LogP contribution in [0.3, 0.4) is 0 Å². The van der Waals surface area contributed by atoms with Crippen LogP contribution in [-0.4, -0.2) is 23.6 Å². The molecule has 1 unspecified atom stereocenters. The molecule has 0 radical (unpaired) electrons. The highest BCUT2D eigenvalue weighted by molar-refractivity contribution is 6.06. The lowest BCUT2D eigenvalue weighted by Gasteiger charge is -2.19. The highest BCUT2D eigenvalue weighted by atomic mass is 16.2. The molecule has 4 N–H and O–H groups in total. The van der Waals surface area contributed by atoms with Gasteiger partial charge < -0.3 is 11.1 Å². The molecule has 0 saturated carbocycles. The number of carbonyl (C=O) groups is 2. The first-order valence-electron chi connectivity index (χ1n) is 8.60. The van der Waals surface area contributed by atoms with Crippen LogP contribution in [0.2, 0.25) is 0 Å². The smallest absolute Gasteiger partial charge is 0.241 e. The molecule has 2 aromatic rings. The number of anilines is 1. The van der Waals surface area contributed by atoms with Crippen LogP contribution in [0.1, 0.15) is 24.5 Å². The Balaban J connectivity index is 1.62. The molecule has 2 atom stereocenters. The zero-order chi connectivity index (χ0) is 18.5. The summed E-state index contributed by atoms with van der Waals surface area (Å²) in [6.07, 6.45) is 0.907. The first-order valence-corrected chi connectivity index (χ1v) is 8.60. The van der Waals surface area contributed by atoms with Crippen molar-refractivity contribution in [2.75, 3.05) is 5.32 Å². The molecule has 0 aromatic heterocycles. The number of amides is 2. The summed E-state index contributed by atoms with van der Waals surface area (Å²) in [6, 6.07) is 16.5. The second-order valence-corrected chi connectivity index (χ2v) is 6.50. The van der Waals surface area contributed by atoms with Gasteiger partial charge in [-0.05, 0) is 29.7 Å². The molecule has 2 amide bonds. The van der Waals surface area contributed by atoms with Gasteiger partial charge in [0.2, 0.25) is 11.8 Å². The van der Waals surface area contributed by atoms with Gasteiger partial charge in [-0.2, -0.15) is 5.10 Å². The second kappa shape index (κ2) is 7.93. The van der Waals surface area contributed by atoms with Crippen LogP contribution in [0.15, 0.2) is 59.7 Å². The number of hydrazone groups is 1. The molecule has 6 heteroatoms. The zero-order valence-corrected chi connectivity index (χ0v) is 14.6. The maximum absolute atomic E-state index is 12.3. The van der Waals surface area contributed by atoms with E-state index in [0.717, 1.165) is 16.8 Å². The quantitative estimate of drug-likeness (QED) is 0.770. The SMILES string of the molecule is CC1CC(=O)NN=C1c1ccc(NC(=O)[C@H](N)Cc2ccccc2)cc1. The van der Waals surface area contributed by atoms with E-state index in [1.54, 1.807) is 0 Å². The van der Waals surface area contributed by atoms with Crippen LogP contribution >= 0.6 is 0 Å². The summed E-state index contributed by atoms with van der Waals surface area (Å²) in [5, 5.41) is 6.97. The van der Waals surface area contributed by atoms with Gasteiger partial charge >= 0.3 is 0 Å². The number of benzene rings is 2. The molecule has 0 spiro atoms. The Bertz CT molecular complexity index is 815. The number of rotatable bonds is 5. The normalized spacial score (nSPS) is 17.8. The molecule has 0 bridgehead atoms. The van der Waals surface area contributed by atoms with Gasteiger partial charge in [0.1, 0.15) is 0 Å². The Morgan fingerprint density at radius 3 is 2.58 bits per heavy atom. The van der Waals surface area contributed by atoms with E-state index in [4.69, 9.17) is 5.73 Å². The first kappa shape index (κ1) is 17.8. The van der Waals surface area contributed by atoms with Gasteiger partial charge in [0, 0.05) is 18.0 Å². The van der Waals surface area contributed by atoms with Gasteiger partial charge in [-0.15, -0.1) is 0 Å². The number of nitrogens with two attached hydrogens (primary N) is 1. The fourth-order valence-electron chi connectivity index (χ4n) is 2.92. The molecular formula is C20H22N4O2. The molecule has 134 valence electrons. The monoisotopic (exact) mass is 350 g/mol. The molecule has 1 aliphatic rings. The maximum Gasteiger partial charge on any atom is 0.241 e. The molecule has 2 aromatic carbocycles. The van der Waals surface area contributed by atoms with Crippen LogP contribution < -0.4 is 16.5 Å². The van der Waals surface area contributed by atoms with E-state index in [1.807, 2.05) is 61.5 Å². The van der Waals surface area contributed by atoms with Crippen LogP contribution in [0.25, 0.3) is 0 Å². The highest BCUT2D eigenvalue weighted by Gasteiger charge is 2.21. The Hall–Kier alpha value is -2.99. The second-order valence-electron chi connectivity index (χ2n) is 6.50. The average molecular weight is 350 g/mol. The third-order valence-corrected chi connectivity index (χ3v) is 4.34. The van der Waals surface area contributed by atoms with Crippen LogP contribution in [-0.2, 0) is 16.0 Å². The Morgan fingerprint density at radius 2 is 1.92 bits per heavy atom. The number of hydrogen-bond acceptors (Lipinski definition) is 4. The van der Waals surface area contributed by atoms with Gasteiger partial charge in [-0.3, -0.25) is 9.59 Å². The van der Waals surface area contributed by atoms with Crippen molar-refractivity contribution in [1.29, 1.82) is 0 Å². The molecule has 0 fully saturated rings. The largest absolute Gasteiger partial charge is 0.325 e. The maximum atomic E-state index is 12.3. The predicted molar refractivity (Wildman–Crippen MR) is 102 cm³/mol. The van der Waals surface area contributed by atoms with E-state index < -0.39 is 6.04 Å². The van der Waals surface area contributed by atoms with Gasteiger partial charge in [-0.1, -0.05) is 49.4 Å². The minimum atomic E-state index is -0.616. The summed E-state index contributed by atoms with van der Waals surface area (Å²) in [5.41, 5.74) is 12.0. The minimum Gasteiger partial charge on any atom is -0.325 e. The van der Waals surface area contributed by atoms with Gasteiger partial charge in [0.05, 0.1) is 11.8 Å². The Labute approximate surface area is 152 Å². The number of carbonyl (C=O) groups excluding carboxylic acids is 2. The van der Waals surface area contributed by atoms with Crippen LogP contribution in [0, 0.1) is 5.92 Å². The van der Waals surface area contributed by atoms with Gasteiger partial charge in [0.15, 0.2) is 0 Å². The third-order valence-electron chi connectivity index (χ3n) is 4.34. The zero-order valence-electron chi connectivity index (χ0n) is 14.6. The number of nitrogens with one attached hydrogen (secondary N) is 2.